The zero-order valence-corrected chi connectivity index (χ0v) is 20.9. The van der Waals surface area contributed by atoms with E-state index in [0.717, 1.165) is 11.5 Å². The SMILES string of the molecule is CC(C)[C@@H](C)C=C[C@@H](C)[C@H]1CC[C@H]2C3=CC=C4C=C(CC(=O)[O-])C=C[C@]4(C)[C@H]3CC[C@]12C. The molecule has 0 saturated heterocycles. The number of fused-ring (bicyclic) bond motifs is 5. The number of hydrogen-bond donors (Lipinski definition) is 0. The van der Waals surface area contributed by atoms with Crippen LogP contribution in [0.25, 0.3) is 0 Å². The highest BCUT2D eigenvalue weighted by Crippen LogP contribution is 2.65. The Morgan fingerprint density at radius 1 is 1.09 bits per heavy atom. The van der Waals surface area contributed by atoms with Crippen LogP contribution >= 0.6 is 0 Å². The van der Waals surface area contributed by atoms with Gasteiger partial charge in [-0.25, -0.2) is 0 Å². The van der Waals surface area contributed by atoms with E-state index < -0.39 is 5.97 Å². The molecule has 0 heterocycles. The fourth-order valence-electron chi connectivity index (χ4n) is 7.27. The Kier molecular flexibility index (Phi) is 6.20. The number of carbonyl (C=O) groups excluding carboxylic acids is 1. The average molecular weight is 434 g/mol. The van der Waals surface area contributed by atoms with Gasteiger partial charge >= 0.3 is 0 Å². The van der Waals surface area contributed by atoms with E-state index in [0.29, 0.717) is 35.0 Å². The zero-order valence-electron chi connectivity index (χ0n) is 20.9. The molecular formula is C30H41O2-. The van der Waals surface area contributed by atoms with Crippen molar-refractivity contribution in [3.8, 4) is 0 Å². The lowest BCUT2D eigenvalue weighted by atomic mass is 9.51. The molecule has 0 radical (unpaired) electrons. The zero-order chi connectivity index (χ0) is 23.3. The second-order valence-corrected chi connectivity index (χ2v) is 11.9. The third-order valence-electron chi connectivity index (χ3n) is 9.72. The fourth-order valence-corrected chi connectivity index (χ4v) is 7.27. The second-order valence-electron chi connectivity index (χ2n) is 11.9. The van der Waals surface area contributed by atoms with Gasteiger partial charge in [0.25, 0.3) is 0 Å². The van der Waals surface area contributed by atoms with Crippen LogP contribution in [0.4, 0.5) is 0 Å². The van der Waals surface area contributed by atoms with Crippen molar-refractivity contribution in [1.29, 1.82) is 0 Å². The Morgan fingerprint density at radius 3 is 2.53 bits per heavy atom. The molecular weight excluding hydrogens is 392 g/mol. The van der Waals surface area contributed by atoms with Crippen LogP contribution in [0.15, 0.2) is 59.3 Å². The summed E-state index contributed by atoms with van der Waals surface area (Å²) < 4.78 is 0. The van der Waals surface area contributed by atoms with Gasteiger partial charge in [-0.15, -0.1) is 0 Å². The molecule has 4 aliphatic rings. The molecule has 0 unspecified atom stereocenters. The molecule has 0 bridgehead atoms. The Balaban J connectivity index is 1.58. The number of carbonyl (C=O) groups is 1. The molecule has 4 rings (SSSR count). The molecule has 0 N–H and O–H groups in total. The normalized spacial score (nSPS) is 37.8. The van der Waals surface area contributed by atoms with Gasteiger partial charge in [-0.3, -0.25) is 0 Å². The van der Waals surface area contributed by atoms with Gasteiger partial charge in [-0.2, -0.15) is 0 Å². The summed E-state index contributed by atoms with van der Waals surface area (Å²) in [6.45, 7) is 14.3. The Labute approximate surface area is 195 Å². The van der Waals surface area contributed by atoms with E-state index in [1.807, 2.05) is 6.08 Å². The molecule has 32 heavy (non-hydrogen) atoms. The summed E-state index contributed by atoms with van der Waals surface area (Å²) in [4.78, 5) is 11.1. The van der Waals surface area contributed by atoms with Gasteiger partial charge < -0.3 is 9.90 Å². The molecule has 2 saturated carbocycles. The van der Waals surface area contributed by atoms with E-state index in [2.05, 4.69) is 78.0 Å². The summed E-state index contributed by atoms with van der Waals surface area (Å²) in [5.74, 6) is 2.89. The summed E-state index contributed by atoms with van der Waals surface area (Å²) in [6.07, 6.45) is 21.2. The quantitative estimate of drug-likeness (QED) is 0.453. The van der Waals surface area contributed by atoms with Gasteiger partial charge in [0.1, 0.15) is 0 Å². The van der Waals surface area contributed by atoms with Crippen molar-refractivity contribution < 1.29 is 9.90 Å². The van der Waals surface area contributed by atoms with E-state index in [1.54, 1.807) is 5.57 Å². The van der Waals surface area contributed by atoms with E-state index in [-0.39, 0.29) is 11.8 Å². The Hall–Kier alpha value is -1.83. The minimum absolute atomic E-state index is 0.00559. The molecule has 0 aromatic carbocycles. The third-order valence-corrected chi connectivity index (χ3v) is 9.72. The number of aliphatic carboxylic acids is 1. The van der Waals surface area contributed by atoms with Crippen LogP contribution in [0.5, 0.6) is 0 Å². The molecule has 0 aromatic rings. The maximum absolute atomic E-state index is 11.1. The first-order valence-electron chi connectivity index (χ1n) is 12.8. The van der Waals surface area contributed by atoms with Gasteiger partial charge in [0.05, 0.1) is 0 Å². The maximum Gasteiger partial charge on any atom is 0.0458 e. The Morgan fingerprint density at radius 2 is 1.84 bits per heavy atom. The Bertz CT molecular complexity index is 913. The topological polar surface area (TPSA) is 40.1 Å². The van der Waals surface area contributed by atoms with Crippen molar-refractivity contribution in [3.05, 3.63) is 59.3 Å². The first kappa shape index (κ1) is 23.3. The molecule has 0 aliphatic heterocycles. The highest BCUT2D eigenvalue weighted by Gasteiger charge is 2.55. The number of carboxylic acid groups (broad SMARTS) is 1. The minimum atomic E-state index is -1.01. The molecule has 0 spiro atoms. The molecule has 0 amide bonds. The van der Waals surface area contributed by atoms with Crippen molar-refractivity contribution in [2.24, 2.45) is 46.3 Å². The third kappa shape index (κ3) is 3.88. The van der Waals surface area contributed by atoms with Gasteiger partial charge in [0.2, 0.25) is 0 Å². The van der Waals surface area contributed by atoms with Crippen LogP contribution in [-0.4, -0.2) is 5.97 Å². The molecule has 2 nitrogen and oxygen atoms in total. The van der Waals surface area contributed by atoms with Crippen molar-refractivity contribution in [1.82, 2.24) is 0 Å². The maximum atomic E-state index is 11.1. The van der Waals surface area contributed by atoms with Crippen molar-refractivity contribution in [2.75, 3.05) is 0 Å². The molecule has 0 aromatic heterocycles. The van der Waals surface area contributed by atoms with Gasteiger partial charge in [-0.1, -0.05) is 89.6 Å². The first-order chi connectivity index (χ1) is 15.1. The number of hydrogen-bond acceptors (Lipinski definition) is 2. The summed E-state index contributed by atoms with van der Waals surface area (Å²) in [6, 6.07) is 0. The molecule has 174 valence electrons. The van der Waals surface area contributed by atoms with E-state index >= 15 is 0 Å². The summed E-state index contributed by atoms with van der Waals surface area (Å²) in [5, 5.41) is 11.1. The van der Waals surface area contributed by atoms with Crippen molar-refractivity contribution in [2.45, 2.75) is 73.6 Å². The van der Waals surface area contributed by atoms with Crippen molar-refractivity contribution in [3.63, 3.8) is 0 Å². The minimum Gasteiger partial charge on any atom is -0.550 e. The van der Waals surface area contributed by atoms with Crippen LogP contribution in [0.3, 0.4) is 0 Å². The molecule has 2 heteroatoms. The molecule has 2 fully saturated rings. The lowest BCUT2D eigenvalue weighted by Gasteiger charge is -2.53. The van der Waals surface area contributed by atoms with Gasteiger partial charge in [0, 0.05) is 17.8 Å². The van der Waals surface area contributed by atoms with E-state index in [9.17, 15) is 9.90 Å². The van der Waals surface area contributed by atoms with Crippen LogP contribution in [-0.2, 0) is 4.79 Å². The highest BCUT2D eigenvalue weighted by molar-refractivity contribution is 5.70. The summed E-state index contributed by atoms with van der Waals surface area (Å²) in [7, 11) is 0. The van der Waals surface area contributed by atoms with Crippen LogP contribution in [0, 0.1) is 46.3 Å². The second kappa shape index (κ2) is 8.50. The van der Waals surface area contributed by atoms with Crippen LogP contribution in [0.2, 0.25) is 0 Å². The largest absolute Gasteiger partial charge is 0.550 e. The lowest BCUT2D eigenvalue weighted by Crippen LogP contribution is -2.44. The monoisotopic (exact) mass is 433 g/mol. The molecule has 7 atom stereocenters. The van der Waals surface area contributed by atoms with E-state index in [1.165, 1.54) is 31.3 Å². The predicted octanol–water partition coefficient (Wildman–Crippen LogP) is 6.42. The van der Waals surface area contributed by atoms with E-state index in [4.69, 9.17) is 0 Å². The standard InChI is InChI=1S/C30H42O2/c1-19(2)20(3)7-8-21(4)25-11-12-26-24-10-9-23-17-22(18-28(31)32)13-15-29(23,5)27(24)14-16-30(25,26)6/h7-10,13,15,17,19-21,25-27H,11-12,14,16,18H2,1-6H3,(H,31,32)/p-1/t20-,21+,25+,26-,27-,29-,30+/m0/s1. The summed E-state index contributed by atoms with van der Waals surface area (Å²) in [5.41, 5.74) is 4.13. The van der Waals surface area contributed by atoms with Crippen molar-refractivity contribution >= 4 is 5.97 Å². The number of allylic oxidation sites excluding steroid dienone is 9. The molecule has 4 aliphatic carbocycles. The summed E-state index contributed by atoms with van der Waals surface area (Å²) >= 11 is 0. The predicted molar refractivity (Wildman–Crippen MR) is 130 cm³/mol. The van der Waals surface area contributed by atoms with Crippen LogP contribution in [0.1, 0.15) is 73.6 Å². The highest BCUT2D eigenvalue weighted by atomic mass is 16.4. The fraction of sp³-hybridized carbons (Fsp3) is 0.633. The lowest BCUT2D eigenvalue weighted by molar-refractivity contribution is -0.304. The average Bonchev–Trinajstić information content (AvgIpc) is 3.08. The van der Waals surface area contributed by atoms with Gasteiger partial charge in [0.15, 0.2) is 0 Å². The first-order valence-corrected chi connectivity index (χ1v) is 12.8. The smallest absolute Gasteiger partial charge is 0.0458 e. The number of carboxylic acids is 1. The number of rotatable bonds is 6. The van der Waals surface area contributed by atoms with Gasteiger partial charge in [-0.05, 0) is 77.8 Å². The van der Waals surface area contributed by atoms with Crippen LogP contribution < -0.4 is 5.11 Å².